The minimum Gasteiger partial charge on any atom is -0.460 e. The summed E-state index contributed by atoms with van der Waals surface area (Å²) >= 11 is 0. The molecule has 0 aliphatic carbocycles. The van der Waals surface area contributed by atoms with Crippen molar-refractivity contribution in [3.05, 3.63) is 53.8 Å². The number of fused-ring (bicyclic) bond motifs is 1. The summed E-state index contributed by atoms with van der Waals surface area (Å²) in [6.07, 6.45) is 1.28. The lowest BCUT2D eigenvalue weighted by atomic mass is 9.99. The van der Waals surface area contributed by atoms with Crippen molar-refractivity contribution in [1.82, 2.24) is 9.88 Å². The number of hydrogen-bond donors (Lipinski definition) is 2. The van der Waals surface area contributed by atoms with E-state index in [0.717, 1.165) is 0 Å². The number of nitrogens with zero attached hydrogens (tertiary/aromatic N) is 1. The molecule has 0 spiro atoms. The standard InChI is InChI=1S/C31H36FN3O5/c1-18(15-27(38)40-31(3,4)5)30(39)35-14-6-7-25(35)26(37)17-20-8-13-24-23(16-20)28(32)29(34-24)21-9-11-22(12-10-21)33-19(2)36/h8-13,16,18,25,34H,6-7,14-15,17H2,1-5H3,(H,33,36)/t18-,25-/m0/s1. The van der Waals surface area contributed by atoms with Crippen LogP contribution in [0.1, 0.15) is 59.4 Å². The number of anilines is 1. The van der Waals surface area contributed by atoms with Crippen molar-refractivity contribution in [3.63, 3.8) is 0 Å². The highest BCUT2D eigenvalue weighted by molar-refractivity contribution is 5.94. The number of benzene rings is 2. The van der Waals surface area contributed by atoms with Crippen molar-refractivity contribution in [2.24, 2.45) is 5.92 Å². The average molecular weight is 550 g/mol. The van der Waals surface area contributed by atoms with E-state index in [1.807, 2.05) is 0 Å². The van der Waals surface area contributed by atoms with Crippen LogP contribution in [-0.4, -0.2) is 51.6 Å². The quantitative estimate of drug-likeness (QED) is 0.366. The van der Waals surface area contributed by atoms with E-state index in [9.17, 15) is 19.2 Å². The first-order valence-electron chi connectivity index (χ1n) is 13.6. The number of Topliss-reactive ketones (excluding diaryl/α,β-unsaturated/α-hetero) is 1. The average Bonchev–Trinajstić information content (AvgIpc) is 3.48. The largest absolute Gasteiger partial charge is 0.460 e. The van der Waals surface area contributed by atoms with E-state index in [4.69, 9.17) is 4.74 Å². The SMILES string of the molecule is CC(=O)Nc1ccc(-c2[nH]c3ccc(CC(=O)[C@@H]4CCCN4C(=O)[C@@H](C)CC(=O)OC(C)(C)C)cc3c2F)cc1. The number of carbonyl (C=O) groups excluding carboxylic acids is 4. The van der Waals surface area contributed by atoms with Gasteiger partial charge in [-0.3, -0.25) is 19.2 Å². The third kappa shape index (κ3) is 6.76. The highest BCUT2D eigenvalue weighted by atomic mass is 19.1. The molecule has 212 valence electrons. The maximum atomic E-state index is 15.4. The molecule has 0 saturated carbocycles. The fourth-order valence-corrected chi connectivity index (χ4v) is 5.13. The molecule has 9 heteroatoms. The fourth-order valence-electron chi connectivity index (χ4n) is 5.13. The highest BCUT2D eigenvalue weighted by Gasteiger charge is 2.36. The molecule has 2 heterocycles. The second kappa shape index (κ2) is 11.6. The number of hydrogen-bond acceptors (Lipinski definition) is 5. The minimum absolute atomic E-state index is 0.0464. The van der Waals surface area contributed by atoms with Crippen molar-refractivity contribution >= 4 is 40.2 Å². The number of aromatic nitrogens is 1. The molecule has 2 atom stereocenters. The van der Waals surface area contributed by atoms with E-state index < -0.39 is 29.3 Å². The molecule has 1 fully saturated rings. The number of ketones is 1. The minimum atomic E-state index is -0.634. The molecule has 1 aliphatic rings. The van der Waals surface area contributed by atoms with Gasteiger partial charge in [-0.1, -0.05) is 25.1 Å². The summed E-state index contributed by atoms with van der Waals surface area (Å²) in [6, 6.07) is 11.5. The number of esters is 1. The summed E-state index contributed by atoms with van der Waals surface area (Å²) in [5, 5.41) is 3.06. The third-order valence-corrected chi connectivity index (χ3v) is 6.89. The monoisotopic (exact) mass is 549 g/mol. The Labute approximate surface area is 233 Å². The Kier molecular flexibility index (Phi) is 8.42. The van der Waals surface area contributed by atoms with Gasteiger partial charge in [0.25, 0.3) is 0 Å². The van der Waals surface area contributed by atoms with E-state index in [0.29, 0.717) is 52.8 Å². The summed E-state index contributed by atoms with van der Waals surface area (Å²) in [6.45, 7) is 8.88. The van der Waals surface area contributed by atoms with Crippen molar-refractivity contribution in [2.75, 3.05) is 11.9 Å². The fraction of sp³-hybridized carbons (Fsp3) is 0.419. The number of H-pyrrole nitrogens is 1. The lowest BCUT2D eigenvalue weighted by molar-refractivity contribution is -0.158. The van der Waals surface area contributed by atoms with Crippen LogP contribution in [-0.2, 0) is 30.3 Å². The normalized spacial score (nSPS) is 16.1. The number of aromatic amines is 1. The first-order valence-corrected chi connectivity index (χ1v) is 13.6. The molecule has 3 aromatic rings. The zero-order chi connectivity index (χ0) is 29.2. The highest BCUT2D eigenvalue weighted by Crippen LogP contribution is 2.31. The van der Waals surface area contributed by atoms with Gasteiger partial charge in [-0.2, -0.15) is 0 Å². The Morgan fingerprint density at radius 1 is 1.12 bits per heavy atom. The van der Waals surface area contributed by atoms with Gasteiger partial charge in [0.05, 0.1) is 18.2 Å². The van der Waals surface area contributed by atoms with Crippen LogP contribution >= 0.6 is 0 Å². The van der Waals surface area contributed by atoms with Gasteiger partial charge in [0.1, 0.15) is 5.60 Å². The number of amides is 2. The first-order chi connectivity index (χ1) is 18.8. The van der Waals surface area contributed by atoms with E-state index >= 15 is 4.39 Å². The Morgan fingerprint density at radius 2 is 1.82 bits per heavy atom. The Bertz CT molecular complexity index is 1440. The van der Waals surface area contributed by atoms with Gasteiger partial charge in [0.2, 0.25) is 11.8 Å². The van der Waals surface area contributed by atoms with Crippen LogP contribution in [0.4, 0.5) is 10.1 Å². The molecule has 2 N–H and O–H groups in total. The number of halogens is 1. The Balaban J connectivity index is 1.45. The van der Waals surface area contributed by atoms with Crippen LogP contribution in [0.5, 0.6) is 0 Å². The van der Waals surface area contributed by atoms with Gasteiger partial charge in [0, 0.05) is 48.0 Å². The molecule has 2 aromatic carbocycles. The molecular formula is C31H36FN3O5. The van der Waals surface area contributed by atoms with Gasteiger partial charge in [-0.15, -0.1) is 0 Å². The van der Waals surface area contributed by atoms with Gasteiger partial charge in [-0.25, -0.2) is 4.39 Å². The zero-order valence-corrected chi connectivity index (χ0v) is 23.6. The number of likely N-dealkylation sites (tertiary alicyclic amines) is 1. The number of ether oxygens (including phenoxy) is 1. The second-order valence-electron chi connectivity index (χ2n) is 11.5. The summed E-state index contributed by atoms with van der Waals surface area (Å²) in [7, 11) is 0. The molecule has 40 heavy (non-hydrogen) atoms. The van der Waals surface area contributed by atoms with Crippen LogP contribution in [0, 0.1) is 11.7 Å². The predicted octanol–water partition coefficient (Wildman–Crippen LogP) is 5.40. The zero-order valence-electron chi connectivity index (χ0n) is 23.6. The van der Waals surface area contributed by atoms with Crippen LogP contribution in [0.2, 0.25) is 0 Å². The van der Waals surface area contributed by atoms with Crippen LogP contribution in [0.15, 0.2) is 42.5 Å². The summed E-state index contributed by atoms with van der Waals surface area (Å²) < 4.78 is 20.8. The molecule has 0 radical (unpaired) electrons. The van der Waals surface area contributed by atoms with Crippen molar-refractivity contribution in [3.8, 4) is 11.3 Å². The number of nitrogens with one attached hydrogen (secondary N) is 2. The maximum Gasteiger partial charge on any atom is 0.307 e. The molecule has 1 aliphatic heterocycles. The summed E-state index contributed by atoms with van der Waals surface area (Å²) in [5.41, 5.74) is 2.19. The predicted molar refractivity (Wildman–Crippen MR) is 151 cm³/mol. The first kappa shape index (κ1) is 29.0. The molecule has 0 unspecified atom stereocenters. The van der Waals surface area contributed by atoms with Crippen molar-refractivity contribution in [2.45, 2.75) is 71.9 Å². The van der Waals surface area contributed by atoms with Crippen LogP contribution in [0.25, 0.3) is 22.2 Å². The van der Waals surface area contributed by atoms with Crippen molar-refractivity contribution < 1.29 is 28.3 Å². The topological polar surface area (TPSA) is 109 Å². The maximum absolute atomic E-state index is 15.4. The molecule has 2 amide bonds. The van der Waals surface area contributed by atoms with Gasteiger partial charge in [0.15, 0.2) is 11.6 Å². The van der Waals surface area contributed by atoms with E-state index in [1.165, 1.54) is 6.92 Å². The van der Waals surface area contributed by atoms with Crippen LogP contribution in [0.3, 0.4) is 0 Å². The van der Waals surface area contributed by atoms with E-state index in [2.05, 4.69) is 10.3 Å². The molecule has 8 nitrogen and oxygen atoms in total. The molecule has 1 aromatic heterocycles. The van der Waals surface area contributed by atoms with Gasteiger partial charge >= 0.3 is 5.97 Å². The summed E-state index contributed by atoms with van der Waals surface area (Å²) in [5.74, 6) is -2.00. The molecular weight excluding hydrogens is 513 g/mol. The number of carbonyl (C=O) groups is 4. The van der Waals surface area contributed by atoms with E-state index in [-0.39, 0.29) is 30.4 Å². The van der Waals surface area contributed by atoms with Gasteiger partial charge in [-0.05, 0) is 63.4 Å². The molecule has 0 bridgehead atoms. The van der Waals surface area contributed by atoms with E-state index in [1.54, 1.807) is 75.1 Å². The Morgan fingerprint density at radius 3 is 2.48 bits per heavy atom. The Hall–Kier alpha value is -4.01. The third-order valence-electron chi connectivity index (χ3n) is 6.89. The van der Waals surface area contributed by atoms with Gasteiger partial charge < -0.3 is 19.9 Å². The summed E-state index contributed by atoms with van der Waals surface area (Å²) in [4.78, 5) is 54.6. The smallest absolute Gasteiger partial charge is 0.307 e. The molecule has 1 saturated heterocycles. The lowest BCUT2D eigenvalue weighted by Crippen LogP contribution is -2.44. The second-order valence-corrected chi connectivity index (χ2v) is 11.5. The number of rotatable bonds is 8. The lowest BCUT2D eigenvalue weighted by Gasteiger charge is -2.27. The molecule has 4 rings (SSSR count). The van der Waals surface area contributed by atoms with Crippen LogP contribution < -0.4 is 5.32 Å². The van der Waals surface area contributed by atoms with Crippen molar-refractivity contribution in [1.29, 1.82) is 0 Å².